The van der Waals surface area contributed by atoms with Crippen molar-refractivity contribution in [3.63, 3.8) is 0 Å². The summed E-state index contributed by atoms with van der Waals surface area (Å²) < 4.78 is 96.6. The first-order valence-electron chi connectivity index (χ1n) is 24.1. The van der Waals surface area contributed by atoms with Crippen molar-refractivity contribution < 1.29 is 20.2 Å². The molecule has 8 rings (SSSR count). The predicted octanol–water partition coefficient (Wildman–Crippen LogP) is 13.8. The molecule has 0 spiro atoms. The molecule has 1 N–H and O–H groups in total. The van der Waals surface area contributed by atoms with Crippen LogP contribution in [0.15, 0.2) is 139 Å². The molecule has 0 atom stereocenters. The Bertz CT molecular complexity index is 3280. The van der Waals surface area contributed by atoms with Gasteiger partial charge in [0.15, 0.2) is 0 Å². The van der Waals surface area contributed by atoms with E-state index in [1.165, 1.54) is 0 Å². The van der Waals surface area contributed by atoms with E-state index in [2.05, 4.69) is 4.98 Å². The van der Waals surface area contributed by atoms with Crippen molar-refractivity contribution in [2.75, 3.05) is 0 Å². The molecule has 0 aliphatic rings. The molecule has 8 aromatic rings. The van der Waals surface area contributed by atoms with E-state index in [1.54, 1.807) is 6.07 Å². The summed E-state index contributed by atoms with van der Waals surface area (Å²) in [6.07, 6.45) is -0.576. The van der Waals surface area contributed by atoms with Crippen LogP contribution in [0.4, 0.5) is 0 Å². The summed E-state index contributed by atoms with van der Waals surface area (Å²) >= 11 is 0. The van der Waals surface area contributed by atoms with Crippen LogP contribution in [-0.4, -0.2) is 19.6 Å². The molecule has 2 aromatic heterocycles. The van der Waals surface area contributed by atoms with Crippen LogP contribution in [0.3, 0.4) is 0 Å². The largest absolute Gasteiger partial charge is 0.507 e. The van der Waals surface area contributed by atoms with Gasteiger partial charge in [-0.05, 0) is 125 Å². The Morgan fingerprint density at radius 1 is 0.714 bits per heavy atom. The Morgan fingerprint density at radius 2 is 1.48 bits per heavy atom. The van der Waals surface area contributed by atoms with Gasteiger partial charge in [-0.1, -0.05) is 125 Å². The summed E-state index contributed by atoms with van der Waals surface area (Å²) in [7, 11) is 0. The molecule has 0 saturated carbocycles. The van der Waals surface area contributed by atoms with Crippen molar-refractivity contribution >= 4 is 11.0 Å². The molecule has 0 aliphatic heterocycles. The Kier molecular flexibility index (Phi) is 6.64. The average molecular weight is 743 g/mol. The third kappa shape index (κ3) is 6.92. The fourth-order valence-electron chi connectivity index (χ4n) is 7.15. The highest BCUT2D eigenvalue weighted by Crippen LogP contribution is 2.43. The minimum Gasteiger partial charge on any atom is -0.507 e. The van der Waals surface area contributed by atoms with E-state index in [0.717, 1.165) is 33.5 Å². The van der Waals surface area contributed by atoms with Crippen LogP contribution < -0.4 is 0 Å². The Balaban J connectivity index is 1.44. The number of aromatic nitrogens is 3. The molecule has 278 valence electrons. The van der Waals surface area contributed by atoms with Crippen LogP contribution in [0.25, 0.3) is 72.7 Å². The van der Waals surface area contributed by atoms with E-state index in [4.69, 9.17) is 18.7 Å². The number of phenolic OH excluding ortho intramolecular Hbond substituents is 1. The number of rotatable bonds is 7. The fraction of sp³-hybridized carbons (Fsp3) is 0.192. The molecule has 2 heterocycles. The van der Waals surface area contributed by atoms with Crippen molar-refractivity contribution in [1.29, 1.82) is 0 Å². The highest BCUT2D eigenvalue weighted by molar-refractivity contribution is 5.98. The molecule has 0 unspecified atom stereocenters. The number of aryl methyl sites for hydroxylation is 2. The molecule has 6 aromatic carbocycles. The first kappa shape index (κ1) is 25.8. The molecule has 0 amide bonds. The molecule has 0 aliphatic carbocycles. The van der Waals surface area contributed by atoms with Gasteiger partial charge in [-0.15, -0.1) is 0 Å². The standard InChI is InChI=1S/C52H49N3O/c1-32(2)38-21-22-47(44(30-38)37-13-10-9-11-14-37)55-48-16-12-15-43(49(48)54-51(55)45-26-34(4)25-35(5)50(45)56)40-27-41(29-42(28-40)52(6,7)8)46-31-39(23-24-53-46)36-19-17-33(3)18-20-36/h9-32,56H,1-8H3/i3D3,17D,18D,19D,20D,23D,24D,31D,32D. The summed E-state index contributed by atoms with van der Waals surface area (Å²) in [4.78, 5) is 9.80. The van der Waals surface area contributed by atoms with E-state index in [9.17, 15) is 6.48 Å². The molecule has 56 heavy (non-hydrogen) atoms. The first-order chi connectivity index (χ1) is 31.3. The number of nitrogens with zero attached hydrogens (tertiary/aromatic N) is 3. The van der Waals surface area contributed by atoms with Crippen molar-refractivity contribution in [3.8, 4) is 67.5 Å². The van der Waals surface area contributed by atoms with Gasteiger partial charge in [0.05, 0.1) is 37.6 Å². The molecular weight excluding hydrogens is 683 g/mol. The van der Waals surface area contributed by atoms with Gasteiger partial charge in [-0.2, -0.15) is 0 Å². The van der Waals surface area contributed by atoms with E-state index in [0.29, 0.717) is 44.7 Å². The SMILES string of the molecule is [2H]c1nc(-c2cc(-c3cccc4c3nc(-c3cc(C)cc(C)c3O)n4-c3ccc(C([2H])(C)C)cc3-c3ccccc3)cc(C(C)(C)C)c2)c([2H])c(-c2c([2H])c([2H])c(C([2H])([2H])[2H])c([2H])c2[2H])c1[2H]. The van der Waals surface area contributed by atoms with Gasteiger partial charge in [-0.25, -0.2) is 4.98 Å². The maximum atomic E-state index is 11.8. The summed E-state index contributed by atoms with van der Waals surface area (Å²) in [5.41, 5.74) is 7.17. The number of benzene rings is 6. The van der Waals surface area contributed by atoms with Crippen LogP contribution in [0, 0.1) is 20.7 Å². The molecule has 4 heteroatoms. The number of hydrogen-bond acceptors (Lipinski definition) is 3. The molecular formula is C52H49N3O. The van der Waals surface area contributed by atoms with Crippen LogP contribution in [-0.2, 0) is 5.41 Å². The number of phenols is 1. The molecule has 4 nitrogen and oxygen atoms in total. The second kappa shape index (κ2) is 14.4. The predicted molar refractivity (Wildman–Crippen MR) is 235 cm³/mol. The van der Waals surface area contributed by atoms with Gasteiger partial charge in [0.2, 0.25) is 0 Å². The van der Waals surface area contributed by atoms with E-state index >= 15 is 0 Å². The van der Waals surface area contributed by atoms with Crippen LogP contribution in [0.5, 0.6) is 5.75 Å². The second-order valence-electron chi connectivity index (χ2n) is 15.5. The highest BCUT2D eigenvalue weighted by Gasteiger charge is 2.24. The van der Waals surface area contributed by atoms with Gasteiger partial charge in [0.25, 0.3) is 0 Å². The highest BCUT2D eigenvalue weighted by atomic mass is 16.3. The summed E-state index contributed by atoms with van der Waals surface area (Å²) in [6.45, 7) is 10.6. The smallest absolute Gasteiger partial charge is 0.149 e. The second-order valence-corrected chi connectivity index (χ2v) is 15.5. The number of fused-ring (bicyclic) bond motifs is 1. The van der Waals surface area contributed by atoms with Crippen molar-refractivity contribution in [1.82, 2.24) is 14.5 Å². The van der Waals surface area contributed by atoms with Crippen molar-refractivity contribution in [3.05, 3.63) is 167 Å². The molecule has 0 radical (unpaired) electrons. The average Bonchev–Trinajstić information content (AvgIpc) is 3.65. The fourth-order valence-corrected chi connectivity index (χ4v) is 7.15. The summed E-state index contributed by atoms with van der Waals surface area (Å²) in [5.74, 6) is -0.350. The minimum absolute atomic E-state index is 0.0522. The topological polar surface area (TPSA) is 50.9 Å². The van der Waals surface area contributed by atoms with E-state index < -0.39 is 71.7 Å². The minimum atomic E-state index is -2.97. The molecule has 0 saturated heterocycles. The lowest BCUT2D eigenvalue weighted by Crippen LogP contribution is -2.11. The van der Waals surface area contributed by atoms with Crippen molar-refractivity contribution in [2.24, 2.45) is 0 Å². The lowest BCUT2D eigenvalue weighted by atomic mass is 9.83. The van der Waals surface area contributed by atoms with Gasteiger partial charge >= 0.3 is 0 Å². The van der Waals surface area contributed by atoms with Crippen molar-refractivity contribution in [2.45, 2.75) is 66.6 Å². The maximum absolute atomic E-state index is 11.8. The monoisotopic (exact) mass is 742 g/mol. The summed E-state index contributed by atoms with van der Waals surface area (Å²) in [5, 5.41) is 11.8. The lowest BCUT2D eigenvalue weighted by molar-refractivity contribution is 0.472. The first-order valence-corrected chi connectivity index (χ1v) is 18.6. The summed E-state index contributed by atoms with van der Waals surface area (Å²) in [6, 6.07) is 27.0. The Hall–Kier alpha value is -6.26. The van der Waals surface area contributed by atoms with Gasteiger partial charge in [-0.3, -0.25) is 9.55 Å². The van der Waals surface area contributed by atoms with E-state index in [1.807, 2.05) is 144 Å². The Labute approximate surface area is 346 Å². The quantitative estimate of drug-likeness (QED) is 0.177. The number of aromatic hydroxyl groups is 1. The van der Waals surface area contributed by atoms with Gasteiger partial charge in [0, 0.05) is 28.3 Å². The number of para-hydroxylation sites is 1. The normalized spacial score (nSPS) is 15.0. The zero-order valence-electron chi connectivity index (χ0n) is 43.5. The zero-order valence-corrected chi connectivity index (χ0v) is 32.5. The van der Waals surface area contributed by atoms with Crippen LogP contribution in [0.2, 0.25) is 0 Å². The third-order valence-corrected chi connectivity index (χ3v) is 10.1. The Morgan fingerprint density at radius 3 is 2.21 bits per heavy atom. The van der Waals surface area contributed by atoms with Gasteiger partial charge in [0.1, 0.15) is 11.6 Å². The van der Waals surface area contributed by atoms with Gasteiger partial charge < -0.3 is 5.11 Å². The third-order valence-electron chi connectivity index (χ3n) is 10.1. The van der Waals surface area contributed by atoms with Crippen LogP contribution >= 0.6 is 0 Å². The number of hydrogen-bond donors (Lipinski definition) is 1. The maximum Gasteiger partial charge on any atom is 0.149 e. The lowest BCUT2D eigenvalue weighted by Gasteiger charge is -2.22. The number of pyridine rings is 1. The molecule has 0 fully saturated rings. The van der Waals surface area contributed by atoms with E-state index in [-0.39, 0.29) is 17.0 Å². The molecule has 0 bridgehead atoms. The van der Waals surface area contributed by atoms with Crippen LogP contribution in [0.1, 0.15) is 83.4 Å². The zero-order chi connectivity index (χ0) is 48.8. The number of imidazole rings is 1.